The van der Waals surface area contributed by atoms with Crippen molar-refractivity contribution in [2.45, 2.75) is 51.0 Å². The number of carbonyl (C=O) groups is 2. The fraction of sp³-hybridized carbons (Fsp3) is 0.600. The summed E-state index contributed by atoms with van der Waals surface area (Å²) >= 11 is 0. The van der Waals surface area contributed by atoms with E-state index in [1.165, 1.54) is 32.1 Å². The molecule has 5 aliphatic rings. The van der Waals surface area contributed by atoms with Gasteiger partial charge in [-0.25, -0.2) is 0 Å². The predicted octanol–water partition coefficient (Wildman–Crippen LogP) is 3.88. The highest BCUT2D eigenvalue weighted by atomic mass is 16.2. The molecule has 0 aromatic heterocycles. The molecular formula is C25H32N2O2. The fourth-order valence-corrected chi connectivity index (χ4v) is 6.64. The molecule has 29 heavy (non-hydrogen) atoms. The number of benzene rings is 1. The minimum absolute atomic E-state index is 0.0498. The van der Waals surface area contributed by atoms with Crippen LogP contribution < -0.4 is 5.32 Å². The van der Waals surface area contributed by atoms with E-state index in [0.717, 1.165) is 42.1 Å². The Morgan fingerprint density at radius 3 is 2.14 bits per heavy atom. The van der Waals surface area contributed by atoms with E-state index in [-0.39, 0.29) is 17.7 Å². The number of carbonyl (C=O) groups excluding carboxylic acids is 2. The largest absolute Gasteiger partial charge is 0.353 e. The zero-order valence-corrected chi connectivity index (χ0v) is 17.1. The van der Waals surface area contributed by atoms with Crippen molar-refractivity contribution in [2.75, 3.05) is 13.1 Å². The van der Waals surface area contributed by atoms with E-state index in [9.17, 15) is 9.59 Å². The molecule has 6 rings (SSSR count). The van der Waals surface area contributed by atoms with Crippen LogP contribution in [0.4, 0.5) is 0 Å². The summed E-state index contributed by atoms with van der Waals surface area (Å²) in [6.07, 6.45) is 11.9. The summed E-state index contributed by atoms with van der Waals surface area (Å²) in [6, 6.07) is 10.3. The van der Waals surface area contributed by atoms with Gasteiger partial charge in [0, 0.05) is 31.1 Å². The number of amides is 2. The first kappa shape index (κ1) is 18.9. The van der Waals surface area contributed by atoms with Crippen molar-refractivity contribution in [3.63, 3.8) is 0 Å². The van der Waals surface area contributed by atoms with Gasteiger partial charge in [-0.05, 0) is 80.3 Å². The lowest BCUT2D eigenvalue weighted by molar-refractivity contribution is -0.134. The average molecular weight is 393 g/mol. The third-order valence-corrected chi connectivity index (χ3v) is 7.93. The van der Waals surface area contributed by atoms with Gasteiger partial charge in [0.1, 0.15) is 0 Å². The Morgan fingerprint density at radius 2 is 1.52 bits per heavy atom. The van der Waals surface area contributed by atoms with E-state index in [4.69, 9.17) is 0 Å². The van der Waals surface area contributed by atoms with Crippen LogP contribution in [0, 0.1) is 29.6 Å². The molecule has 4 saturated carbocycles. The van der Waals surface area contributed by atoms with Crippen LogP contribution in [0.3, 0.4) is 0 Å². The fourth-order valence-electron chi connectivity index (χ4n) is 6.64. The van der Waals surface area contributed by atoms with Crippen molar-refractivity contribution in [3.05, 3.63) is 42.0 Å². The first-order valence-electron chi connectivity index (χ1n) is 11.5. The molecule has 4 bridgehead atoms. The minimum atomic E-state index is 0.0498. The van der Waals surface area contributed by atoms with Crippen LogP contribution in [0.5, 0.6) is 0 Å². The van der Waals surface area contributed by atoms with Gasteiger partial charge in [0.25, 0.3) is 0 Å². The summed E-state index contributed by atoms with van der Waals surface area (Å²) in [5, 5.41) is 3.47. The topological polar surface area (TPSA) is 49.4 Å². The Bertz CT molecular complexity index is 751. The summed E-state index contributed by atoms with van der Waals surface area (Å²) < 4.78 is 0. The second kappa shape index (κ2) is 7.97. The molecule has 1 aromatic rings. The lowest BCUT2D eigenvalue weighted by Gasteiger charge is -2.54. The molecule has 1 N–H and O–H groups in total. The molecule has 2 amide bonds. The molecule has 0 unspecified atom stereocenters. The van der Waals surface area contributed by atoms with E-state index >= 15 is 0 Å². The molecule has 4 heteroatoms. The van der Waals surface area contributed by atoms with Crippen molar-refractivity contribution < 1.29 is 9.59 Å². The van der Waals surface area contributed by atoms with Crippen LogP contribution in [0.2, 0.25) is 0 Å². The van der Waals surface area contributed by atoms with Gasteiger partial charge in [-0.15, -0.1) is 0 Å². The third-order valence-electron chi connectivity index (χ3n) is 7.93. The van der Waals surface area contributed by atoms with Crippen LogP contribution in [-0.4, -0.2) is 35.8 Å². The highest BCUT2D eigenvalue weighted by Crippen LogP contribution is 2.53. The van der Waals surface area contributed by atoms with Gasteiger partial charge in [-0.2, -0.15) is 0 Å². The van der Waals surface area contributed by atoms with Crippen LogP contribution in [0.1, 0.15) is 50.5 Å². The number of hydrogen-bond donors (Lipinski definition) is 1. The number of nitrogens with one attached hydrogen (secondary N) is 1. The SMILES string of the molecule is O=C(NC1C2CC3CC(C2)CC1C3)C1CCN(C(=O)/C=C/c2ccccc2)CC1. The second-order valence-electron chi connectivity index (χ2n) is 9.81. The van der Waals surface area contributed by atoms with Crippen molar-refractivity contribution in [3.8, 4) is 0 Å². The lowest BCUT2D eigenvalue weighted by atomic mass is 9.54. The van der Waals surface area contributed by atoms with Crippen molar-refractivity contribution in [1.82, 2.24) is 10.2 Å². The van der Waals surface area contributed by atoms with Crippen molar-refractivity contribution in [2.24, 2.45) is 29.6 Å². The number of hydrogen-bond acceptors (Lipinski definition) is 2. The van der Waals surface area contributed by atoms with Gasteiger partial charge >= 0.3 is 0 Å². The van der Waals surface area contributed by atoms with Gasteiger partial charge in [0.15, 0.2) is 0 Å². The van der Waals surface area contributed by atoms with Crippen LogP contribution in [-0.2, 0) is 9.59 Å². The molecule has 1 aromatic carbocycles. The Hall–Kier alpha value is -2.10. The van der Waals surface area contributed by atoms with Gasteiger partial charge in [-0.1, -0.05) is 30.3 Å². The molecule has 154 valence electrons. The Morgan fingerprint density at radius 1 is 0.897 bits per heavy atom. The van der Waals surface area contributed by atoms with Crippen LogP contribution in [0.25, 0.3) is 6.08 Å². The maximum Gasteiger partial charge on any atom is 0.246 e. The summed E-state index contributed by atoms with van der Waals surface area (Å²) in [4.78, 5) is 27.3. The maximum atomic E-state index is 12.9. The molecule has 0 spiro atoms. The number of nitrogens with zero attached hydrogens (tertiary/aromatic N) is 1. The van der Waals surface area contributed by atoms with Gasteiger partial charge < -0.3 is 10.2 Å². The summed E-state index contributed by atoms with van der Waals surface area (Å²) in [6.45, 7) is 1.36. The van der Waals surface area contributed by atoms with Crippen molar-refractivity contribution in [1.29, 1.82) is 0 Å². The van der Waals surface area contributed by atoms with Crippen LogP contribution in [0.15, 0.2) is 36.4 Å². The van der Waals surface area contributed by atoms with Gasteiger partial charge in [0.05, 0.1) is 0 Å². The standard InChI is InChI=1S/C25H32N2O2/c28-23(7-6-17-4-2-1-3-5-17)27-10-8-20(9-11-27)25(29)26-24-21-13-18-12-19(15-21)16-22(24)14-18/h1-7,18-22,24H,8-16H2,(H,26,29)/b7-6+. The molecule has 5 fully saturated rings. The quantitative estimate of drug-likeness (QED) is 0.791. The normalized spacial score (nSPS) is 33.9. The Labute approximate surface area is 173 Å². The second-order valence-corrected chi connectivity index (χ2v) is 9.81. The van der Waals surface area contributed by atoms with Crippen molar-refractivity contribution >= 4 is 17.9 Å². The zero-order valence-electron chi connectivity index (χ0n) is 17.1. The summed E-state index contributed by atoms with van der Waals surface area (Å²) in [7, 11) is 0. The number of likely N-dealkylation sites (tertiary alicyclic amines) is 1. The molecule has 4 aliphatic carbocycles. The summed E-state index contributed by atoms with van der Waals surface area (Å²) in [5.41, 5.74) is 1.03. The molecule has 0 radical (unpaired) electrons. The van der Waals surface area contributed by atoms with Gasteiger partial charge in [0.2, 0.25) is 11.8 Å². The van der Waals surface area contributed by atoms with Gasteiger partial charge in [-0.3, -0.25) is 9.59 Å². The monoisotopic (exact) mass is 392 g/mol. The molecule has 1 saturated heterocycles. The molecule has 0 atom stereocenters. The van der Waals surface area contributed by atoms with E-state index in [1.807, 2.05) is 41.3 Å². The number of piperidine rings is 1. The minimum Gasteiger partial charge on any atom is -0.353 e. The number of rotatable bonds is 4. The molecule has 1 heterocycles. The predicted molar refractivity (Wildman–Crippen MR) is 114 cm³/mol. The first-order chi connectivity index (χ1) is 14.2. The van der Waals surface area contributed by atoms with Crippen LogP contribution >= 0.6 is 0 Å². The first-order valence-corrected chi connectivity index (χ1v) is 11.5. The molecule has 4 nitrogen and oxygen atoms in total. The Kier molecular flexibility index (Phi) is 5.19. The molecule has 1 aliphatic heterocycles. The van der Waals surface area contributed by atoms with E-state index < -0.39 is 0 Å². The van der Waals surface area contributed by atoms with E-state index in [0.29, 0.717) is 19.1 Å². The Balaban J connectivity index is 1.11. The summed E-state index contributed by atoms with van der Waals surface area (Å²) in [5.74, 6) is 3.67. The lowest BCUT2D eigenvalue weighted by Crippen LogP contribution is -2.57. The third kappa shape index (κ3) is 3.99. The van der Waals surface area contributed by atoms with E-state index in [2.05, 4.69) is 5.32 Å². The van der Waals surface area contributed by atoms with E-state index in [1.54, 1.807) is 6.08 Å². The smallest absolute Gasteiger partial charge is 0.246 e. The molecular weight excluding hydrogens is 360 g/mol. The highest BCUT2D eigenvalue weighted by molar-refractivity contribution is 5.92. The average Bonchev–Trinajstić information content (AvgIpc) is 2.75. The zero-order chi connectivity index (χ0) is 19.8. The maximum absolute atomic E-state index is 12.9. The highest BCUT2D eigenvalue weighted by Gasteiger charge is 2.48.